The Kier molecular flexibility index (Phi) is 6.53. The molecule has 6 heteroatoms. The fourth-order valence-electron chi connectivity index (χ4n) is 4.58. The van der Waals surface area contributed by atoms with Crippen LogP contribution >= 0.6 is 0 Å². The molecule has 0 unspecified atom stereocenters. The van der Waals surface area contributed by atoms with Crippen LogP contribution in [0.25, 0.3) is 0 Å². The summed E-state index contributed by atoms with van der Waals surface area (Å²) in [6.45, 7) is 10.4. The topological polar surface area (TPSA) is 51.7 Å². The molecule has 2 saturated heterocycles. The molecule has 1 aromatic heterocycles. The molecule has 2 aliphatic heterocycles. The van der Waals surface area contributed by atoms with Crippen LogP contribution in [0.15, 0.2) is 42.6 Å². The first-order valence-electron chi connectivity index (χ1n) is 11.1. The summed E-state index contributed by atoms with van der Waals surface area (Å²) in [6.07, 6.45) is 3.94. The molecule has 6 nitrogen and oxygen atoms in total. The summed E-state index contributed by atoms with van der Waals surface area (Å²) in [7, 11) is 0. The molecule has 0 saturated carbocycles. The van der Waals surface area contributed by atoms with Crippen molar-refractivity contribution < 1.29 is 4.79 Å². The van der Waals surface area contributed by atoms with Crippen molar-refractivity contribution in [3.63, 3.8) is 0 Å². The number of hydrogen-bond donors (Lipinski definition) is 1. The zero-order chi connectivity index (χ0) is 20.9. The average Bonchev–Trinajstić information content (AvgIpc) is 2.79. The van der Waals surface area contributed by atoms with Crippen LogP contribution in [0.5, 0.6) is 0 Å². The van der Waals surface area contributed by atoms with Gasteiger partial charge in [0.05, 0.1) is 0 Å². The maximum absolute atomic E-state index is 11.5. The highest BCUT2D eigenvalue weighted by molar-refractivity contribution is 5.73. The SMILES string of the molecule is CC(=O)N1CCC(NCc2cccnc2N2CCN(c3ccccc3C)CC2)CC1. The maximum Gasteiger partial charge on any atom is 0.219 e. The van der Waals surface area contributed by atoms with Crippen molar-refractivity contribution in [1.29, 1.82) is 0 Å². The number of aromatic nitrogens is 1. The Labute approximate surface area is 179 Å². The molecule has 2 fully saturated rings. The van der Waals surface area contributed by atoms with Gasteiger partial charge in [-0.1, -0.05) is 24.3 Å². The third kappa shape index (κ3) is 4.75. The highest BCUT2D eigenvalue weighted by Crippen LogP contribution is 2.24. The van der Waals surface area contributed by atoms with Crippen LogP contribution in [0, 0.1) is 6.92 Å². The predicted octanol–water partition coefficient (Wildman–Crippen LogP) is 2.82. The fraction of sp³-hybridized carbons (Fsp3) is 0.500. The number of hydrogen-bond acceptors (Lipinski definition) is 5. The summed E-state index contributed by atoms with van der Waals surface area (Å²) in [4.78, 5) is 23.1. The predicted molar refractivity (Wildman–Crippen MR) is 122 cm³/mol. The molecule has 0 radical (unpaired) electrons. The van der Waals surface area contributed by atoms with Crippen LogP contribution in [0.1, 0.15) is 30.9 Å². The summed E-state index contributed by atoms with van der Waals surface area (Å²) in [6, 6.07) is 13.3. The van der Waals surface area contributed by atoms with Gasteiger partial charge in [0.25, 0.3) is 0 Å². The van der Waals surface area contributed by atoms with Crippen molar-refractivity contribution in [1.82, 2.24) is 15.2 Å². The molecule has 0 atom stereocenters. The second-order valence-electron chi connectivity index (χ2n) is 8.41. The number of para-hydroxylation sites is 1. The van der Waals surface area contributed by atoms with E-state index >= 15 is 0 Å². The highest BCUT2D eigenvalue weighted by atomic mass is 16.2. The number of nitrogens with zero attached hydrogens (tertiary/aromatic N) is 4. The normalized spacial score (nSPS) is 18.0. The van der Waals surface area contributed by atoms with Crippen molar-refractivity contribution in [2.45, 2.75) is 39.3 Å². The monoisotopic (exact) mass is 407 g/mol. The molecule has 0 bridgehead atoms. The van der Waals surface area contributed by atoms with Crippen molar-refractivity contribution in [2.24, 2.45) is 0 Å². The highest BCUT2D eigenvalue weighted by Gasteiger charge is 2.23. The lowest BCUT2D eigenvalue weighted by molar-refractivity contribution is -0.129. The molecule has 4 rings (SSSR count). The van der Waals surface area contributed by atoms with Crippen LogP contribution in [-0.4, -0.2) is 61.1 Å². The summed E-state index contributed by atoms with van der Waals surface area (Å²) < 4.78 is 0. The Bertz CT molecular complexity index is 854. The van der Waals surface area contributed by atoms with E-state index in [1.54, 1.807) is 6.92 Å². The van der Waals surface area contributed by atoms with E-state index in [4.69, 9.17) is 4.98 Å². The van der Waals surface area contributed by atoms with Crippen molar-refractivity contribution in [3.05, 3.63) is 53.7 Å². The number of carbonyl (C=O) groups excluding carboxylic acids is 1. The third-order valence-electron chi connectivity index (χ3n) is 6.42. The number of amides is 1. The van der Waals surface area contributed by atoms with Crippen LogP contribution in [0.2, 0.25) is 0 Å². The molecular formula is C24H33N5O. The van der Waals surface area contributed by atoms with E-state index in [0.29, 0.717) is 6.04 Å². The van der Waals surface area contributed by atoms with Gasteiger partial charge in [-0.15, -0.1) is 0 Å². The lowest BCUT2D eigenvalue weighted by atomic mass is 10.0. The second kappa shape index (κ2) is 9.47. The lowest BCUT2D eigenvalue weighted by Crippen LogP contribution is -2.47. The van der Waals surface area contributed by atoms with Crippen molar-refractivity contribution >= 4 is 17.4 Å². The number of likely N-dealkylation sites (tertiary alicyclic amines) is 1. The molecule has 1 N–H and O–H groups in total. The minimum atomic E-state index is 0.188. The number of piperidine rings is 1. The van der Waals surface area contributed by atoms with E-state index in [1.165, 1.54) is 16.8 Å². The zero-order valence-corrected chi connectivity index (χ0v) is 18.2. The molecule has 30 heavy (non-hydrogen) atoms. The average molecular weight is 408 g/mol. The first kappa shape index (κ1) is 20.7. The number of carbonyl (C=O) groups is 1. The second-order valence-corrected chi connectivity index (χ2v) is 8.41. The van der Waals surface area contributed by atoms with E-state index in [9.17, 15) is 4.79 Å². The van der Waals surface area contributed by atoms with Gasteiger partial charge in [-0.05, 0) is 37.5 Å². The first-order valence-corrected chi connectivity index (χ1v) is 11.1. The Morgan fingerprint density at radius 3 is 2.40 bits per heavy atom. The number of rotatable bonds is 5. The molecule has 160 valence electrons. The molecule has 2 aliphatic rings. The minimum absolute atomic E-state index is 0.188. The van der Waals surface area contributed by atoms with E-state index in [2.05, 4.69) is 52.4 Å². The van der Waals surface area contributed by atoms with Crippen molar-refractivity contribution in [2.75, 3.05) is 49.1 Å². The standard InChI is InChI=1S/C24H33N5O/c1-19-6-3-4-8-23(19)28-14-16-29(17-15-28)24-21(7-5-11-25-24)18-26-22-9-12-27(13-10-22)20(2)30/h3-8,11,22,26H,9-10,12-18H2,1-2H3. The van der Waals surface area contributed by atoms with E-state index in [1.807, 2.05) is 17.2 Å². The molecular weight excluding hydrogens is 374 g/mol. The largest absolute Gasteiger partial charge is 0.368 e. The number of anilines is 2. The van der Waals surface area contributed by atoms with E-state index in [0.717, 1.165) is 64.5 Å². The third-order valence-corrected chi connectivity index (χ3v) is 6.42. The van der Waals surface area contributed by atoms with Crippen molar-refractivity contribution in [3.8, 4) is 0 Å². The van der Waals surface area contributed by atoms with Crippen LogP contribution in [0.4, 0.5) is 11.5 Å². The zero-order valence-electron chi connectivity index (χ0n) is 18.2. The van der Waals surface area contributed by atoms with Gasteiger partial charge in [0.1, 0.15) is 5.82 Å². The lowest BCUT2D eigenvalue weighted by Gasteiger charge is -2.38. The number of nitrogens with one attached hydrogen (secondary N) is 1. The molecule has 1 amide bonds. The maximum atomic E-state index is 11.5. The Morgan fingerprint density at radius 1 is 1.00 bits per heavy atom. The van der Waals surface area contributed by atoms with Gasteiger partial charge >= 0.3 is 0 Å². The van der Waals surface area contributed by atoms with Gasteiger partial charge in [-0.25, -0.2) is 4.98 Å². The Hall–Kier alpha value is -2.60. The Balaban J connectivity index is 1.34. The van der Waals surface area contributed by atoms with Gasteiger partial charge in [0.2, 0.25) is 5.91 Å². The summed E-state index contributed by atoms with van der Waals surface area (Å²) in [5.74, 6) is 1.29. The van der Waals surface area contributed by atoms with Crippen LogP contribution in [0.3, 0.4) is 0 Å². The smallest absolute Gasteiger partial charge is 0.219 e. The van der Waals surface area contributed by atoms with Gasteiger partial charge in [-0.3, -0.25) is 4.79 Å². The summed E-state index contributed by atoms with van der Waals surface area (Å²) >= 11 is 0. The van der Waals surface area contributed by atoms with Crippen LogP contribution < -0.4 is 15.1 Å². The van der Waals surface area contributed by atoms with E-state index in [-0.39, 0.29) is 5.91 Å². The van der Waals surface area contributed by atoms with E-state index < -0.39 is 0 Å². The minimum Gasteiger partial charge on any atom is -0.368 e. The summed E-state index contributed by atoms with van der Waals surface area (Å²) in [5, 5.41) is 3.70. The number of aryl methyl sites for hydroxylation is 1. The molecule has 1 aromatic carbocycles. The van der Waals surface area contributed by atoms with Crippen LogP contribution in [-0.2, 0) is 11.3 Å². The van der Waals surface area contributed by atoms with Gasteiger partial charge in [-0.2, -0.15) is 0 Å². The quantitative estimate of drug-likeness (QED) is 0.826. The fourth-order valence-corrected chi connectivity index (χ4v) is 4.58. The van der Waals surface area contributed by atoms with Gasteiger partial charge in [0, 0.05) is 76.2 Å². The molecule has 2 aromatic rings. The number of pyridine rings is 1. The molecule has 0 aliphatic carbocycles. The number of benzene rings is 1. The van der Waals surface area contributed by atoms with Gasteiger partial charge < -0.3 is 20.0 Å². The number of piperazine rings is 1. The molecule has 3 heterocycles. The molecule has 0 spiro atoms. The Morgan fingerprint density at radius 2 is 1.70 bits per heavy atom. The summed E-state index contributed by atoms with van der Waals surface area (Å²) in [5.41, 5.74) is 3.94. The van der Waals surface area contributed by atoms with Gasteiger partial charge in [0.15, 0.2) is 0 Å². The first-order chi connectivity index (χ1) is 14.6.